The van der Waals surface area contributed by atoms with Gasteiger partial charge in [-0.25, -0.2) is 9.13 Å². The molecule has 16 nitrogen and oxygen atoms in total. The molecule has 0 amide bonds. The first-order valence-corrected chi connectivity index (χ1v) is 35.3. The monoisotopic (exact) mass is 1190 g/mol. The highest BCUT2D eigenvalue weighted by Gasteiger charge is 2.29. The lowest BCUT2D eigenvalue weighted by atomic mass is 10.0. The zero-order valence-corrected chi connectivity index (χ0v) is 53.0. The number of hydrogen-bond donors (Lipinski definition) is 4. The van der Waals surface area contributed by atoms with Gasteiger partial charge in [-0.1, -0.05) is 256 Å². The summed E-state index contributed by atoms with van der Waals surface area (Å²) in [6.07, 6.45) is 53.4. The molecule has 0 aromatic heterocycles. The summed E-state index contributed by atoms with van der Waals surface area (Å²) in [4.78, 5) is 58.2. The van der Waals surface area contributed by atoms with E-state index >= 15 is 0 Å². The van der Waals surface area contributed by atoms with Gasteiger partial charge in [0.1, 0.15) is 25.4 Å². The standard InChI is InChI=1S/C63H118O16P2/c1-4-7-10-13-16-19-22-25-27-28-30-33-34-37-40-43-46-49-61(66)73-52-58(64)53-75-80(69,70)76-54-59(65)55-77-81(71,72)78-57-60(79-63(68)51-48-45-42-39-36-31-24-21-18-15-12-9-6-3)56-74-62(67)50-47-44-41-38-35-32-29-26-23-20-17-14-11-8-5-2/h7,10,16,19,25,27,58-60,64-65H,4-6,8-9,11-15,17-18,20-24,26,28-57H2,1-3H3,(H,69,70)(H,71,72)/b10-7-,19-16-,27-25-. The van der Waals surface area contributed by atoms with Crippen molar-refractivity contribution in [2.24, 2.45) is 0 Å². The van der Waals surface area contributed by atoms with Gasteiger partial charge in [-0.05, 0) is 51.4 Å². The zero-order valence-electron chi connectivity index (χ0n) is 51.2. The van der Waals surface area contributed by atoms with E-state index in [4.69, 9.17) is 32.3 Å². The van der Waals surface area contributed by atoms with E-state index in [1.54, 1.807) is 0 Å². The van der Waals surface area contributed by atoms with Gasteiger partial charge >= 0.3 is 33.6 Å². The Morgan fingerprint density at radius 1 is 0.358 bits per heavy atom. The van der Waals surface area contributed by atoms with Crippen molar-refractivity contribution in [1.82, 2.24) is 0 Å². The van der Waals surface area contributed by atoms with Crippen molar-refractivity contribution in [3.63, 3.8) is 0 Å². The van der Waals surface area contributed by atoms with Crippen LogP contribution in [-0.2, 0) is 55.8 Å². The second kappa shape index (κ2) is 58.2. The summed E-state index contributed by atoms with van der Waals surface area (Å²) in [6.45, 7) is 2.59. The van der Waals surface area contributed by atoms with Crippen LogP contribution in [0.5, 0.6) is 0 Å². The van der Waals surface area contributed by atoms with Gasteiger partial charge < -0.3 is 34.2 Å². The summed E-state index contributed by atoms with van der Waals surface area (Å²) in [7, 11) is -9.75. The normalized spacial score (nSPS) is 14.6. The topological polar surface area (TPSA) is 231 Å². The van der Waals surface area contributed by atoms with E-state index in [1.807, 2.05) is 0 Å². The number of aliphatic hydroxyl groups is 2. The fourth-order valence-electron chi connectivity index (χ4n) is 8.94. The van der Waals surface area contributed by atoms with Gasteiger partial charge in [0.2, 0.25) is 0 Å². The lowest BCUT2D eigenvalue weighted by molar-refractivity contribution is -0.161. The second-order valence-electron chi connectivity index (χ2n) is 21.9. The van der Waals surface area contributed by atoms with Crippen LogP contribution in [0, 0.1) is 0 Å². The number of hydrogen-bond acceptors (Lipinski definition) is 14. The highest BCUT2D eigenvalue weighted by atomic mass is 31.2. The van der Waals surface area contributed by atoms with E-state index in [1.165, 1.54) is 122 Å². The molecule has 0 aromatic carbocycles. The van der Waals surface area contributed by atoms with Crippen LogP contribution in [0.4, 0.5) is 0 Å². The molecule has 0 aromatic rings. The third kappa shape index (κ3) is 59.3. The van der Waals surface area contributed by atoms with Gasteiger partial charge in [0, 0.05) is 19.3 Å². The fourth-order valence-corrected chi connectivity index (χ4v) is 10.5. The maximum Gasteiger partial charge on any atom is 0.472 e. The minimum absolute atomic E-state index is 0.113. The molecule has 5 atom stereocenters. The van der Waals surface area contributed by atoms with Crippen LogP contribution in [0.3, 0.4) is 0 Å². The summed E-state index contributed by atoms with van der Waals surface area (Å²) in [5, 5.41) is 20.5. The van der Waals surface area contributed by atoms with Gasteiger partial charge in [-0.2, -0.15) is 0 Å². The lowest BCUT2D eigenvalue weighted by Crippen LogP contribution is -2.30. The van der Waals surface area contributed by atoms with Crippen LogP contribution in [0.25, 0.3) is 0 Å². The van der Waals surface area contributed by atoms with Crippen molar-refractivity contribution < 1.29 is 75.8 Å². The SMILES string of the molecule is CC/C=C\C/C=C\C/C=C\CCCCCCCCCC(=O)OCC(O)COP(=O)(O)OCC(O)COP(=O)(O)OCC(COC(=O)CCCCCCCCCCCCCCCCC)OC(=O)CCCCCCCCCCCCCCC. The summed E-state index contributed by atoms with van der Waals surface area (Å²) in [6, 6.07) is 0. The lowest BCUT2D eigenvalue weighted by Gasteiger charge is -2.21. The Morgan fingerprint density at radius 3 is 1.04 bits per heavy atom. The maximum absolute atomic E-state index is 12.9. The van der Waals surface area contributed by atoms with Gasteiger partial charge in [-0.15, -0.1) is 0 Å². The molecule has 0 aliphatic heterocycles. The molecule has 4 N–H and O–H groups in total. The average molecular weight is 1190 g/mol. The molecule has 0 rings (SSSR count). The third-order valence-electron chi connectivity index (χ3n) is 13.9. The van der Waals surface area contributed by atoms with Crippen LogP contribution in [0.1, 0.15) is 290 Å². The molecule has 0 saturated carbocycles. The molecule has 18 heteroatoms. The Labute approximate surface area is 492 Å². The molecule has 81 heavy (non-hydrogen) atoms. The first-order valence-electron chi connectivity index (χ1n) is 32.3. The molecule has 0 spiro atoms. The molecule has 0 saturated heterocycles. The summed E-state index contributed by atoms with van der Waals surface area (Å²) >= 11 is 0. The average Bonchev–Trinajstić information content (AvgIpc) is 3.44. The molecule has 0 heterocycles. The molecule has 0 aliphatic rings. The number of unbranched alkanes of at least 4 members (excludes halogenated alkanes) is 33. The number of phosphoric acid groups is 2. The van der Waals surface area contributed by atoms with E-state index in [9.17, 15) is 43.5 Å². The Kier molecular flexibility index (Phi) is 56.6. The van der Waals surface area contributed by atoms with Crippen LogP contribution in [0.15, 0.2) is 36.5 Å². The number of esters is 3. The predicted molar refractivity (Wildman–Crippen MR) is 326 cm³/mol. The number of allylic oxidation sites excluding steroid dienone is 6. The van der Waals surface area contributed by atoms with Gasteiger partial charge in [0.15, 0.2) is 6.10 Å². The van der Waals surface area contributed by atoms with E-state index in [-0.39, 0.29) is 19.3 Å². The van der Waals surface area contributed by atoms with Crippen molar-refractivity contribution in [3.8, 4) is 0 Å². The third-order valence-corrected chi connectivity index (χ3v) is 15.8. The molecule has 0 fully saturated rings. The Balaban J connectivity index is 4.63. The number of phosphoric ester groups is 2. The second-order valence-corrected chi connectivity index (χ2v) is 24.8. The van der Waals surface area contributed by atoms with E-state index in [0.29, 0.717) is 19.3 Å². The molecule has 476 valence electrons. The van der Waals surface area contributed by atoms with Gasteiger partial charge in [-0.3, -0.25) is 32.5 Å². The van der Waals surface area contributed by atoms with Crippen LogP contribution >= 0.6 is 15.6 Å². The highest BCUT2D eigenvalue weighted by molar-refractivity contribution is 7.47. The number of ether oxygens (including phenoxy) is 3. The summed E-state index contributed by atoms with van der Waals surface area (Å²) < 4.78 is 60.7. The fraction of sp³-hybridized carbons (Fsp3) is 0.857. The molecule has 0 radical (unpaired) electrons. The Morgan fingerprint density at radius 2 is 0.654 bits per heavy atom. The maximum atomic E-state index is 12.9. The number of aliphatic hydroxyl groups excluding tert-OH is 2. The Hall–Kier alpha value is -2.23. The Bertz CT molecular complexity index is 1640. The zero-order chi connectivity index (χ0) is 59.6. The highest BCUT2D eigenvalue weighted by Crippen LogP contribution is 2.45. The van der Waals surface area contributed by atoms with Crippen molar-refractivity contribution in [2.45, 2.75) is 309 Å². The van der Waals surface area contributed by atoms with Crippen LogP contribution in [-0.4, -0.2) is 95.9 Å². The quantitative estimate of drug-likeness (QED) is 0.0146. The summed E-state index contributed by atoms with van der Waals surface area (Å²) in [5.41, 5.74) is 0. The number of carbonyl (C=O) groups is 3. The van der Waals surface area contributed by atoms with Crippen LogP contribution < -0.4 is 0 Å². The molecule has 5 unspecified atom stereocenters. The minimum atomic E-state index is -4.91. The number of rotatable bonds is 62. The molecular formula is C63H118O16P2. The summed E-state index contributed by atoms with van der Waals surface area (Å²) in [5.74, 6) is -1.56. The van der Waals surface area contributed by atoms with E-state index in [2.05, 4.69) is 57.2 Å². The first kappa shape index (κ1) is 78.8. The van der Waals surface area contributed by atoms with Crippen molar-refractivity contribution >= 4 is 33.6 Å². The minimum Gasteiger partial charge on any atom is -0.463 e. The van der Waals surface area contributed by atoms with Crippen LogP contribution in [0.2, 0.25) is 0 Å². The molecule has 0 aliphatic carbocycles. The smallest absolute Gasteiger partial charge is 0.463 e. The van der Waals surface area contributed by atoms with E-state index < -0.39 is 91.5 Å². The van der Waals surface area contributed by atoms with Gasteiger partial charge in [0.25, 0.3) is 0 Å². The van der Waals surface area contributed by atoms with Crippen molar-refractivity contribution in [3.05, 3.63) is 36.5 Å². The van der Waals surface area contributed by atoms with Gasteiger partial charge in [0.05, 0.1) is 26.4 Å². The molecule has 0 bridgehead atoms. The first-order chi connectivity index (χ1) is 39.2. The van der Waals surface area contributed by atoms with Crippen molar-refractivity contribution in [1.29, 1.82) is 0 Å². The van der Waals surface area contributed by atoms with E-state index in [0.717, 1.165) is 109 Å². The largest absolute Gasteiger partial charge is 0.472 e. The van der Waals surface area contributed by atoms with Crippen molar-refractivity contribution in [2.75, 3.05) is 39.6 Å². The number of carbonyl (C=O) groups excluding carboxylic acids is 3. The molecular weight excluding hydrogens is 1070 g/mol. The predicted octanol–water partition coefficient (Wildman–Crippen LogP) is 17.1.